The highest BCUT2D eigenvalue weighted by atomic mass is 16.1. The lowest BCUT2D eigenvalue weighted by molar-refractivity contribution is -0.119. The number of nitrogen functional groups attached to an aromatic ring is 1. The predicted octanol–water partition coefficient (Wildman–Crippen LogP) is 0.767. The van der Waals surface area contributed by atoms with Gasteiger partial charge in [-0.25, -0.2) is 9.97 Å². The maximum atomic E-state index is 10.9. The number of amides is 1. The lowest BCUT2D eigenvalue weighted by Gasteiger charge is -2.33. The van der Waals surface area contributed by atoms with Gasteiger partial charge in [0.2, 0.25) is 5.91 Å². The fourth-order valence-electron chi connectivity index (χ4n) is 2.58. The van der Waals surface area contributed by atoms with E-state index in [9.17, 15) is 4.79 Å². The van der Waals surface area contributed by atoms with Gasteiger partial charge >= 0.3 is 0 Å². The first-order valence-electron chi connectivity index (χ1n) is 6.61. The number of anilines is 2. The van der Waals surface area contributed by atoms with E-state index in [4.69, 9.17) is 11.5 Å². The first-order chi connectivity index (χ1) is 8.97. The van der Waals surface area contributed by atoms with Crippen molar-refractivity contribution in [3.8, 4) is 0 Å². The van der Waals surface area contributed by atoms with Gasteiger partial charge in [0, 0.05) is 25.1 Å². The molecule has 19 heavy (non-hydrogen) atoms. The number of primary amides is 1. The fraction of sp³-hybridized carbons (Fsp3) is 0.615. The summed E-state index contributed by atoms with van der Waals surface area (Å²) in [5.41, 5.74) is 12.1. The zero-order valence-electron chi connectivity index (χ0n) is 11.5. The summed E-state index contributed by atoms with van der Waals surface area (Å²) in [4.78, 5) is 21.8. The molecule has 0 atom stereocenters. The van der Waals surface area contributed by atoms with Crippen LogP contribution in [0.2, 0.25) is 0 Å². The first kappa shape index (κ1) is 13.6. The number of carbonyl (C=O) groups excluding carboxylic acids is 1. The molecule has 1 aliphatic heterocycles. The third-order valence-electron chi connectivity index (χ3n) is 3.67. The predicted molar refractivity (Wildman–Crippen MR) is 74.7 cm³/mol. The zero-order chi connectivity index (χ0) is 14.0. The molecule has 0 aromatic carbocycles. The van der Waals surface area contributed by atoms with Crippen molar-refractivity contribution in [3.05, 3.63) is 11.4 Å². The Balaban J connectivity index is 2.07. The smallest absolute Gasteiger partial charge is 0.217 e. The van der Waals surface area contributed by atoms with Crippen LogP contribution in [-0.2, 0) is 4.79 Å². The van der Waals surface area contributed by atoms with E-state index in [0.29, 0.717) is 24.0 Å². The topological polar surface area (TPSA) is 98.1 Å². The van der Waals surface area contributed by atoms with Crippen LogP contribution in [-0.4, -0.2) is 29.0 Å². The van der Waals surface area contributed by atoms with Crippen LogP contribution in [0.25, 0.3) is 0 Å². The van der Waals surface area contributed by atoms with E-state index in [2.05, 4.69) is 14.9 Å². The molecule has 1 saturated heterocycles. The van der Waals surface area contributed by atoms with E-state index < -0.39 is 0 Å². The number of aromatic nitrogens is 2. The number of hydrogen-bond donors (Lipinski definition) is 2. The molecule has 0 radical (unpaired) electrons. The van der Waals surface area contributed by atoms with Gasteiger partial charge in [0.1, 0.15) is 17.5 Å². The molecule has 0 unspecified atom stereocenters. The molecule has 0 aliphatic carbocycles. The van der Waals surface area contributed by atoms with Crippen LogP contribution in [0.5, 0.6) is 0 Å². The second-order valence-corrected chi connectivity index (χ2v) is 5.21. The van der Waals surface area contributed by atoms with Gasteiger partial charge in [0.15, 0.2) is 0 Å². The fourth-order valence-corrected chi connectivity index (χ4v) is 2.58. The molecule has 1 fully saturated rings. The maximum absolute atomic E-state index is 10.9. The van der Waals surface area contributed by atoms with E-state index in [1.165, 1.54) is 0 Å². The highest BCUT2D eigenvalue weighted by molar-refractivity contribution is 5.74. The molecule has 1 aromatic rings. The first-order valence-corrected chi connectivity index (χ1v) is 6.61. The van der Waals surface area contributed by atoms with Gasteiger partial charge in [-0.05, 0) is 32.6 Å². The SMILES string of the molecule is Cc1nc(N)c(C)c(N2CCC(CC(N)=O)CC2)n1. The summed E-state index contributed by atoms with van der Waals surface area (Å²) >= 11 is 0. The molecular formula is C13H21N5O. The molecule has 0 saturated carbocycles. The lowest BCUT2D eigenvalue weighted by Crippen LogP contribution is -2.36. The minimum Gasteiger partial charge on any atom is -0.383 e. The third-order valence-corrected chi connectivity index (χ3v) is 3.67. The van der Waals surface area contributed by atoms with Crippen LogP contribution in [0, 0.1) is 19.8 Å². The Hall–Kier alpha value is -1.85. The Morgan fingerprint density at radius 2 is 1.95 bits per heavy atom. The summed E-state index contributed by atoms with van der Waals surface area (Å²) in [5.74, 6) is 2.34. The van der Waals surface area contributed by atoms with Crippen molar-refractivity contribution >= 4 is 17.5 Å². The van der Waals surface area contributed by atoms with Crippen molar-refractivity contribution in [2.75, 3.05) is 23.7 Å². The van der Waals surface area contributed by atoms with E-state index in [0.717, 1.165) is 37.3 Å². The molecule has 6 nitrogen and oxygen atoms in total. The highest BCUT2D eigenvalue weighted by Gasteiger charge is 2.23. The molecular weight excluding hydrogens is 242 g/mol. The van der Waals surface area contributed by atoms with Gasteiger partial charge in [-0.15, -0.1) is 0 Å². The molecule has 6 heteroatoms. The van der Waals surface area contributed by atoms with Crippen molar-refractivity contribution in [2.24, 2.45) is 11.7 Å². The summed E-state index contributed by atoms with van der Waals surface area (Å²) < 4.78 is 0. The molecule has 1 aromatic heterocycles. The monoisotopic (exact) mass is 263 g/mol. The number of rotatable bonds is 3. The van der Waals surface area contributed by atoms with Gasteiger partial charge in [0.05, 0.1) is 0 Å². The number of nitrogens with zero attached hydrogens (tertiary/aromatic N) is 3. The average molecular weight is 263 g/mol. The molecule has 2 heterocycles. The lowest BCUT2D eigenvalue weighted by atomic mass is 9.93. The molecule has 1 amide bonds. The summed E-state index contributed by atoms with van der Waals surface area (Å²) in [5, 5.41) is 0. The quantitative estimate of drug-likeness (QED) is 0.839. The summed E-state index contributed by atoms with van der Waals surface area (Å²) in [6.45, 7) is 5.56. The summed E-state index contributed by atoms with van der Waals surface area (Å²) in [7, 11) is 0. The minimum atomic E-state index is -0.211. The average Bonchev–Trinajstić information content (AvgIpc) is 2.34. The van der Waals surface area contributed by atoms with Crippen LogP contribution in [0.4, 0.5) is 11.6 Å². The third kappa shape index (κ3) is 3.13. The van der Waals surface area contributed by atoms with Gasteiger partial charge < -0.3 is 16.4 Å². The number of hydrogen-bond acceptors (Lipinski definition) is 5. The van der Waals surface area contributed by atoms with E-state index in [1.54, 1.807) is 0 Å². The van der Waals surface area contributed by atoms with Crippen LogP contribution >= 0.6 is 0 Å². The normalized spacial score (nSPS) is 16.6. The van der Waals surface area contributed by atoms with Gasteiger partial charge in [0.25, 0.3) is 0 Å². The zero-order valence-corrected chi connectivity index (χ0v) is 11.5. The van der Waals surface area contributed by atoms with E-state index in [-0.39, 0.29) is 5.91 Å². The van der Waals surface area contributed by atoms with Crippen molar-refractivity contribution in [1.82, 2.24) is 9.97 Å². The number of piperidine rings is 1. The maximum Gasteiger partial charge on any atom is 0.217 e. The van der Waals surface area contributed by atoms with E-state index >= 15 is 0 Å². The Morgan fingerprint density at radius 3 is 2.53 bits per heavy atom. The van der Waals surface area contributed by atoms with Crippen molar-refractivity contribution < 1.29 is 4.79 Å². The second kappa shape index (κ2) is 5.42. The Morgan fingerprint density at radius 1 is 1.32 bits per heavy atom. The summed E-state index contributed by atoms with van der Waals surface area (Å²) in [6.07, 6.45) is 2.41. The Bertz CT molecular complexity index is 480. The van der Waals surface area contributed by atoms with Crippen LogP contribution < -0.4 is 16.4 Å². The van der Waals surface area contributed by atoms with E-state index in [1.807, 2.05) is 13.8 Å². The van der Waals surface area contributed by atoms with Gasteiger partial charge in [-0.1, -0.05) is 0 Å². The van der Waals surface area contributed by atoms with Gasteiger partial charge in [-0.3, -0.25) is 4.79 Å². The Labute approximate surface area is 113 Å². The van der Waals surface area contributed by atoms with Crippen LogP contribution in [0.1, 0.15) is 30.7 Å². The second-order valence-electron chi connectivity index (χ2n) is 5.21. The van der Waals surface area contributed by atoms with Crippen molar-refractivity contribution in [2.45, 2.75) is 33.1 Å². The molecule has 4 N–H and O–H groups in total. The standard InChI is InChI=1S/C13H21N5O/c1-8-12(15)16-9(2)17-13(8)18-5-3-10(4-6-18)7-11(14)19/h10H,3-7H2,1-2H3,(H2,14,19)(H2,15,16,17). The Kier molecular flexibility index (Phi) is 3.87. The van der Waals surface area contributed by atoms with Crippen molar-refractivity contribution in [1.29, 1.82) is 0 Å². The molecule has 2 rings (SSSR count). The minimum absolute atomic E-state index is 0.211. The number of carbonyl (C=O) groups is 1. The molecule has 1 aliphatic rings. The van der Waals surface area contributed by atoms with Gasteiger partial charge in [-0.2, -0.15) is 0 Å². The number of aryl methyl sites for hydroxylation is 1. The number of nitrogens with two attached hydrogens (primary N) is 2. The molecule has 104 valence electrons. The summed E-state index contributed by atoms with van der Waals surface area (Å²) in [6, 6.07) is 0. The molecule has 0 bridgehead atoms. The highest BCUT2D eigenvalue weighted by Crippen LogP contribution is 2.27. The largest absolute Gasteiger partial charge is 0.383 e. The van der Waals surface area contributed by atoms with Crippen LogP contribution in [0.15, 0.2) is 0 Å². The van der Waals surface area contributed by atoms with Crippen molar-refractivity contribution in [3.63, 3.8) is 0 Å². The molecule has 0 spiro atoms. The van der Waals surface area contributed by atoms with Crippen LogP contribution in [0.3, 0.4) is 0 Å².